The van der Waals surface area contributed by atoms with E-state index in [1.807, 2.05) is 6.07 Å². The number of amides is 5. The Balaban J connectivity index is 1.83. The van der Waals surface area contributed by atoms with Crippen molar-refractivity contribution in [2.45, 2.75) is 18.9 Å². The maximum atomic E-state index is 13.0. The van der Waals surface area contributed by atoms with E-state index in [9.17, 15) is 19.2 Å². The van der Waals surface area contributed by atoms with Crippen molar-refractivity contribution in [3.63, 3.8) is 0 Å². The minimum atomic E-state index is -1.85. The molecule has 2 aliphatic heterocycles. The zero-order valence-corrected chi connectivity index (χ0v) is 15.0. The Bertz CT molecular complexity index is 968. The number of carbonyl (C=O) groups excluding carboxylic acids is 4. The number of carbonyl (C=O) groups is 4. The van der Waals surface area contributed by atoms with Gasteiger partial charge in [-0.1, -0.05) is 37.3 Å². The van der Waals surface area contributed by atoms with Gasteiger partial charge in [0.15, 0.2) is 5.75 Å². The molecule has 2 N–H and O–H groups in total. The molecule has 2 aromatic carbocycles. The first kappa shape index (κ1) is 17.7. The van der Waals surface area contributed by atoms with Crippen molar-refractivity contribution in [3.8, 4) is 11.5 Å². The van der Waals surface area contributed by atoms with Crippen LogP contribution >= 0.6 is 0 Å². The van der Waals surface area contributed by atoms with E-state index in [4.69, 9.17) is 4.74 Å². The summed E-state index contributed by atoms with van der Waals surface area (Å²) in [5.41, 5.74) is -1.57. The number of barbiturate groups is 1. The predicted molar refractivity (Wildman–Crippen MR) is 98.6 cm³/mol. The molecule has 0 aliphatic carbocycles. The van der Waals surface area contributed by atoms with E-state index in [-0.39, 0.29) is 12.1 Å². The van der Waals surface area contributed by atoms with E-state index >= 15 is 0 Å². The third-order valence-electron chi connectivity index (χ3n) is 4.91. The van der Waals surface area contributed by atoms with Gasteiger partial charge >= 0.3 is 6.03 Å². The number of imide groups is 2. The van der Waals surface area contributed by atoms with Gasteiger partial charge in [-0.25, -0.2) is 4.79 Å². The molecular formula is C20H17N3O5. The topological polar surface area (TPSA) is 105 Å². The number of hydrogen-bond donors (Lipinski definition) is 2. The van der Waals surface area contributed by atoms with Crippen molar-refractivity contribution in [3.05, 3.63) is 54.6 Å². The third kappa shape index (κ3) is 2.61. The number of hydrogen-bond acceptors (Lipinski definition) is 5. The van der Waals surface area contributed by atoms with E-state index in [1.54, 1.807) is 55.5 Å². The number of benzene rings is 2. The SMILES string of the molecule is C[C@@H]1CC2(C(=O)NC(=O)NC2=O)N(c2ccccc2Oc2ccccc2)C1=O. The van der Waals surface area contributed by atoms with E-state index in [0.29, 0.717) is 11.5 Å². The Morgan fingerprint density at radius 1 is 0.929 bits per heavy atom. The highest BCUT2D eigenvalue weighted by Gasteiger charge is 2.63. The van der Waals surface area contributed by atoms with Gasteiger partial charge in [-0.05, 0) is 24.3 Å². The molecule has 28 heavy (non-hydrogen) atoms. The average molecular weight is 379 g/mol. The summed E-state index contributed by atoms with van der Waals surface area (Å²) in [5.74, 6) is -1.79. The second-order valence-electron chi connectivity index (χ2n) is 6.76. The quantitative estimate of drug-likeness (QED) is 0.793. The Hall–Kier alpha value is -3.68. The fourth-order valence-electron chi connectivity index (χ4n) is 3.63. The van der Waals surface area contributed by atoms with Gasteiger partial charge in [-0.15, -0.1) is 0 Å². The van der Waals surface area contributed by atoms with Gasteiger partial charge < -0.3 is 4.74 Å². The van der Waals surface area contributed by atoms with Crippen LogP contribution in [0.4, 0.5) is 10.5 Å². The van der Waals surface area contributed by atoms with Crippen LogP contribution in [0.25, 0.3) is 0 Å². The van der Waals surface area contributed by atoms with Gasteiger partial charge in [0.05, 0.1) is 5.69 Å². The minimum absolute atomic E-state index is 0.0452. The van der Waals surface area contributed by atoms with Crippen molar-refractivity contribution < 1.29 is 23.9 Å². The molecule has 0 aromatic heterocycles. The first-order valence-corrected chi connectivity index (χ1v) is 8.76. The van der Waals surface area contributed by atoms with E-state index in [2.05, 4.69) is 10.6 Å². The highest BCUT2D eigenvalue weighted by molar-refractivity contribution is 6.29. The van der Waals surface area contributed by atoms with Crippen molar-refractivity contribution in [1.82, 2.24) is 10.6 Å². The van der Waals surface area contributed by atoms with Crippen molar-refractivity contribution in [2.24, 2.45) is 5.92 Å². The zero-order chi connectivity index (χ0) is 19.9. The summed E-state index contributed by atoms with van der Waals surface area (Å²) in [6, 6.07) is 14.7. The van der Waals surface area contributed by atoms with Crippen LogP contribution < -0.4 is 20.3 Å². The molecule has 2 aromatic rings. The highest BCUT2D eigenvalue weighted by atomic mass is 16.5. The summed E-state index contributed by atoms with van der Waals surface area (Å²) in [4.78, 5) is 51.2. The number of anilines is 1. The second kappa shape index (κ2) is 6.49. The smallest absolute Gasteiger partial charge is 0.328 e. The van der Waals surface area contributed by atoms with Crippen LogP contribution in [-0.4, -0.2) is 29.3 Å². The first-order chi connectivity index (χ1) is 13.4. The van der Waals surface area contributed by atoms with Crippen LogP contribution in [-0.2, 0) is 14.4 Å². The Morgan fingerprint density at radius 3 is 2.21 bits per heavy atom. The normalized spacial score (nSPS) is 20.9. The van der Waals surface area contributed by atoms with E-state index in [1.165, 1.54) is 0 Å². The number of ether oxygens (including phenoxy) is 1. The molecule has 2 fully saturated rings. The van der Waals surface area contributed by atoms with Crippen LogP contribution in [0, 0.1) is 5.92 Å². The molecule has 142 valence electrons. The number of rotatable bonds is 3. The molecule has 0 unspecified atom stereocenters. The lowest BCUT2D eigenvalue weighted by molar-refractivity contribution is -0.138. The molecule has 1 spiro atoms. The van der Waals surface area contributed by atoms with Crippen LogP contribution in [0.1, 0.15) is 13.3 Å². The summed E-state index contributed by atoms with van der Waals surface area (Å²) >= 11 is 0. The maximum absolute atomic E-state index is 13.0. The second-order valence-corrected chi connectivity index (χ2v) is 6.76. The number of para-hydroxylation sites is 3. The fourth-order valence-corrected chi connectivity index (χ4v) is 3.63. The third-order valence-corrected chi connectivity index (χ3v) is 4.91. The molecule has 2 heterocycles. The molecule has 0 bridgehead atoms. The summed E-state index contributed by atoms with van der Waals surface area (Å²) in [5, 5.41) is 4.22. The van der Waals surface area contributed by atoms with E-state index < -0.39 is 35.2 Å². The van der Waals surface area contributed by atoms with Gasteiger partial charge in [-0.2, -0.15) is 0 Å². The molecule has 4 rings (SSSR count). The maximum Gasteiger partial charge on any atom is 0.328 e. The standard InChI is InChI=1S/C20H17N3O5/c1-12-11-20(17(25)21-19(27)22-18(20)26)23(16(12)24)14-9-5-6-10-15(14)28-13-7-3-2-4-8-13/h2-10,12H,11H2,1H3,(H2,21,22,25,26,27)/t12-/m1/s1. The van der Waals surface area contributed by atoms with Crippen molar-refractivity contribution >= 4 is 29.4 Å². The van der Waals surface area contributed by atoms with Gasteiger partial charge in [-0.3, -0.25) is 29.9 Å². The summed E-state index contributed by atoms with van der Waals surface area (Å²) < 4.78 is 5.91. The zero-order valence-electron chi connectivity index (χ0n) is 15.0. The van der Waals surface area contributed by atoms with E-state index in [0.717, 1.165) is 4.90 Å². The summed E-state index contributed by atoms with van der Waals surface area (Å²) in [6.07, 6.45) is -0.0452. The lowest BCUT2D eigenvalue weighted by Crippen LogP contribution is -2.72. The Kier molecular flexibility index (Phi) is 4.11. The summed E-state index contributed by atoms with van der Waals surface area (Å²) in [6.45, 7) is 1.64. The van der Waals surface area contributed by atoms with Crippen molar-refractivity contribution in [1.29, 1.82) is 0 Å². The van der Waals surface area contributed by atoms with Gasteiger partial charge in [0.25, 0.3) is 11.8 Å². The Labute approximate surface area is 160 Å². The number of urea groups is 1. The summed E-state index contributed by atoms with van der Waals surface area (Å²) in [7, 11) is 0. The monoisotopic (exact) mass is 379 g/mol. The highest BCUT2D eigenvalue weighted by Crippen LogP contribution is 2.44. The Morgan fingerprint density at radius 2 is 1.54 bits per heavy atom. The number of nitrogens with zero attached hydrogens (tertiary/aromatic N) is 1. The van der Waals surface area contributed by atoms with Crippen LogP contribution in [0.5, 0.6) is 11.5 Å². The minimum Gasteiger partial charge on any atom is -0.455 e. The van der Waals surface area contributed by atoms with Crippen LogP contribution in [0.2, 0.25) is 0 Å². The van der Waals surface area contributed by atoms with Crippen molar-refractivity contribution in [2.75, 3.05) is 4.90 Å². The van der Waals surface area contributed by atoms with Gasteiger partial charge in [0.1, 0.15) is 5.75 Å². The fraction of sp³-hybridized carbons (Fsp3) is 0.200. The molecule has 2 saturated heterocycles. The molecule has 8 heteroatoms. The largest absolute Gasteiger partial charge is 0.455 e. The molecule has 5 amide bonds. The molecule has 0 radical (unpaired) electrons. The molecule has 8 nitrogen and oxygen atoms in total. The molecule has 2 aliphatic rings. The lowest BCUT2D eigenvalue weighted by Gasteiger charge is -2.38. The molecule has 0 saturated carbocycles. The van der Waals surface area contributed by atoms with Gasteiger partial charge in [0, 0.05) is 12.3 Å². The van der Waals surface area contributed by atoms with Gasteiger partial charge in [0.2, 0.25) is 11.4 Å². The number of nitrogens with one attached hydrogen (secondary N) is 2. The molecular weight excluding hydrogens is 362 g/mol. The predicted octanol–water partition coefficient (Wildman–Crippen LogP) is 1.96. The lowest BCUT2D eigenvalue weighted by atomic mass is 9.89. The average Bonchev–Trinajstić information content (AvgIpc) is 2.94. The molecule has 1 atom stereocenters. The van der Waals surface area contributed by atoms with Crippen LogP contribution in [0.15, 0.2) is 54.6 Å². The first-order valence-electron chi connectivity index (χ1n) is 8.76. The van der Waals surface area contributed by atoms with Crippen LogP contribution in [0.3, 0.4) is 0 Å².